The first-order chi connectivity index (χ1) is 11.5. The van der Waals surface area contributed by atoms with Crippen LogP contribution in [-0.2, 0) is 15.0 Å². The van der Waals surface area contributed by atoms with Crippen LogP contribution in [-0.4, -0.2) is 35.3 Å². The van der Waals surface area contributed by atoms with Crippen LogP contribution in [0.4, 0.5) is 5.69 Å². The molecule has 0 radical (unpaired) electrons. The maximum Gasteiger partial charge on any atom is 0.240 e. The lowest BCUT2D eigenvalue weighted by molar-refractivity contribution is -0.133. The summed E-state index contributed by atoms with van der Waals surface area (Å²) in [4.78, 5) is 26.9. The molecule has 132 valence electrons. The van der Waals surface area contributed by atoms with Crippen LogP contribution in [0.5, 0.6) is 0 Å². The Morgan fingerprint density at radius 1 is 1.44 bits per heavy atom. The van der Waals surface area contributed by atoms with Gasteiger partial charge in [0.1, 0.15) is 6.04 Å². The predicted molar refractivity (Wildman–Crippen MR) is 95.0 cm³/mol. The summed E-state index contributed by atoms with van der Waals surface area (Å²) in [7, 11) is 0. The Balaban J connectivity index is 0.00000182. The zero-order valence-electron chi connectivity index (χ0n) is 13.8. The number of halogens is 1. The van der Waals surface area contributed by atoms with E-state index in [4.69, 9.17) is 5.73 Å². The van der Waals surface area contributed by atoms with Gasteiger partial charge in [-0.3, -0.25) is 9.59 Å². The Kier molecular flexibility index (Phi) is 4.48. The van der Waals surface area contributed by atoms with Gasteiger partial charge in [-0.15, -0.1) is 12.4 Å². The second kappa shape index (κ2) is 6.32. The monoisotopic (exact) mass is 360 g/mol. The number of hydrogen-bond acceptors (Lipinski definition) is 4. The van der Waals surface area contributed by atoms with Crippen LogP contribution in [0.15, 0.2) is 24.3 Å². The van der Waals surface area contributed by atoms with Crippen molar-refractivity contribution in [3.63, 3.8) is 0 Å². The first-order valence-electron chi connectivity index (χ1n) is 8.42. The molecule has 25 heavy (non-hydrogen) atoms. The Bertz CT molecular complexity index is 758. The summed E-state index contributed by atoms with van der Waals surface area (Å²) in [5, 5.41) is 12.4. The van der Waals surface area contributed by atoms with E-state index in [0.29, 0.717) is 18.8 Å². The van der Waals surface area contributed by atoms with Gasteiger partial charge in [0, 0.05) is 18.7 Å². The largest absolute Gasteiger partial charge is 0.325 e. The van der Waals surface area contributed by atoms with Crippen molar-refractivity contribution in [2.75, 3.05) is 11.9 Å². The van der Waals surface area contributed by atoms with Crippen molar-refractivity contribution in [3.8, 4) is 6.07 Å². The first kappa shape index (κ1) is 17.7. The Labute approximate surface area is 152 Å². The standard InChI is InChI=1S/C18H20N4O2.ClH/c19-9-12-8-18(13-3-1-2-4-15(13)21-17(18)24)10-22(12)16(23)14(20)7-11-5-6-11;/h1-4,11-12,14H,5-8,10,20H2,(H,21,24);1H/t12-,14-,18-;/m0./s1. The van der Waals surface area contributed by atoms with Crippen LogP contribution in [0.1, 0.15) is 31.2 Å². The van der Waals surface area contributed by atoms with Gasteiger partial charge in [-0.2, -0.15) is 5.26 Å². The minimum atomic E-state index is -0.827. The van der Waals surface area contributed by atoms with Crippen molar-refractivity contribution < 1.29 is 9.59 Å². The molecule has 0 bridgehead atoms. The maximum absolute atomic E-state index is 12.8. The molecule has 7 heteroatoms. The number of fused-ring (bicyclic) bond motifs is 2. The van der Waals surface area contributed by atoms with Crippen molar-refractivity contribution in [1.29, 1.82) is 5.26 Å². The van der Waals surface area contributed by atoms with Gasteiger partial charge in [0.05, 0.1) is 17.5 Å². The van der Waals surface area contributed by atoms with E-state index in [2.05, 4.69) is 11.4 Å². The van der Waals surface area contributed by atoms with Gasteiger partial charge >= 0.3 is 0 Å². The number of hydrogen-bond donors (Lipinski definition) is 2. The molecule has 3 aliphatic rings. The number of nitriles is 1. The molecular formula is C18H21ClN4O2. The molecule has 2 aliphatic heterocycles. The fourth-order valence-corrected chi connectivity index (χ4v) is 4.01. The van der Waals surface area contributed by atoms with Gasteiger partial charge in [0.25, 0.3) is 0 Å². The van der Waals surface area contributed by atoms with E-state index >= 15 is 0 Å². The highest BCUT2D eigenvalue weighted by Gasteiger charge is 2.56. The summed E-state index contributed by atoms with van der Waals surface area (Å²) < 4.78 is 0. The molecule has 2 amide bonds. The van der Waals surface area contributed by atoms with Gasteiger partial charge in [-0.1, -0.05) is 31.0 Å². The average molecular weight is 361 g/mol. The minimum absolute atomic E-state index is 0. The third-order valence-corrected chi connectivity index (χ3v) is 5.52. The SMILES string of the molecule is Cl.N#C[C@@H]1C[C@@]2(CN1C(=O)[C@@H](N)CC1CC1)C(=O)Nc1ccccc12. The number of para-hydroxylation sites is 1. The molecule has 3 atom stereocenters. The highest BCUT2D eigenvalue weighted by atomic mass is 35.5. The normalized spacial score (nSPS) is 28.1. The number of rotatable bonds is 3. The van der Waals surface area contributed by atoms with Crippen LogP contribution < -0.4 is 11.1 Å². The number of nitrogens with two attached hydrogens (primary N) is 1. The average Bonchev–Trinajstić information content (AvgIpc) is 3.24. The zero-order chi connectivity index (χ0) is 16.9. The van der Waals surface area contributed by atoms with E-state index in [-0.39, 0.29) is 30.8 Å². The number of carbonyl (C=O) groups excluding carboxylic acids is 2. The van der Waals surface area contributed by atoms with Crippen molar-refractivity contribution in [3.05, 3.63) is 29.8 Å². The molecule has 1 spiro atoms. The number of nitrogens with one attached hydrogen (secondary N) is 1. The molecule has 2 heterocycles. The van der Waals surface area contributed by atoms with Crippen LogP contribution in [0, 0.1) is 17.2 Å². The Morgan fingerprint density at radius 3 is 2.84 bits per heavy atom. The zero-order valence-corrected chi connectivity index (χ0v) is 14.6. The van der Waals surface area contributed by atoms with E-state index in [1.165, 1.54) is 4.90 Å². The van der Waals surface area contributed by atoms with Crippen LogP contribution in [0.2, 0.25) is 0 Å². The molecule has 1 aromatic rings. The molecule has 1 aromatic carbocycles. The number of likely N-dealkylation sites (tertiary alicyclic amines) is 1. The molecule has 0 aromatic heterocycles. The molecule has 6 nitrogen and oxygen atoms in total. The Hall–Kier alpha value is -2.10. The van der Waals surface area contributed by atoms with Gasteiger partial charge < -0.3 is 16.0 Å². The number of anilines is 1. The Morgan fingerprint density at radius 2 is 2.16 bits per heavy atom. The molecule has 4 rings (SSSR count). The third kappa shape index (κ3) is 2.78. The molecule has 1 saturated heterocycles. The fourth-order valence-electron chi connectivity index (χ4n) is 4.01. The number of nitrogens with zero attached hydrogens (tertiary/aromatic N) is 2. The van der Waals surface area contributed by atoms with E-state index in [0.717, 1.165) is 24.1 Å². The van der Waals surface area contributed by atoms with Crippen LogP contribution in [0.25, 0.3) is 0 Å². The lowest BCUT2D eigenvalue weighted by Gasteiger charge is -2.25. The highest BCUT2D eigenvalue weighted by molar-refractivity contribution is 6.07. The predicted octanol–water partition coefficient (Wildman–Crippen LogP) is 1.55. The highest BCUT2D eigenvalue weighted by Crippen LogP contribution is 2.46. The van der Waals surface area contributed by atoms with Crippen molar-refractivity contribution in [1.82, 2.24) is 4.90 Å². The molecule has 1 aliphatic carbocycles. The summed E-state index contributed by atoms with van der Waals surface area (Å²) in [6.07, 6.45) is 3.25. The maximum atomic E-state index is 12.8. The van der Waals surface area contributed by atoms with Crippen molar-refractivity contribution in [2.24, 2.45) is 11.7 Å². The molecule has 0 unspecified atom stereocenters. The smallest absolute Gasteiger partial charge is 0.240 e. The van der Waals surface area contributed by atoms with Crippen LogP contribution in [0.3, 0.4) is 0 Å². The second-order valence-electron chi connectivity index (χ2n) is 7.18. The van der Waals surface area contributed by atoms with Gasteiger partial charge in [0.2, 0.25) is 11.8 Å². The van der Waals surface area contributed by atoms with E-state index < -0.39 is 17.5 Å². The quantitative estimate of drug-likeness (QED) is 0.854. The van der Waals surface area contributed by atoms with Crippen molar-refractivity contribution in [2.45, 2.75) is 43.2 Å². The van der Waals surface area contributed by atoms with Gasteiger partial charge in [0.15, 0.2) is 0 Å². The number of carbonyl (C=O) groups is 2. The fraction of sp³-hybridized carbons (Fsp3) is 0.500. The number of amides is 2. The molecule has 3 N–H and O–H groups in total. The molecular weight excluding hydrogens is 340 g/mol. The summed E-state index contributed by atoms with van der Waals surface area (Å²) in [5.74, 6) is 0.203. The lowest BCUT2D eigenvalue weighted by Crippen LogP contribution is -2.47. The minimum Gasteiger partial charge on any atom is -0.325 e. The topological polar surface area (TPSA) is 99.2 Å². The first-order valence-corrected chi connectivity index (χ1v) is 8.42. The van der Waals surface area contributed by atoms with E-state index in [1.807, 2.05) is 24.3 Å². The van der Waals surface area contributed by atoms with Crippen LogP contribution >= 0.6 is 12.4 Å². The van der Waals surface area contributed by atoms with Gasteiger partial charge in [-0.25, -0.2) is 0 Å². The molecule has 1 saturated carbocycles. The second-order valence-corrected chi connectivity index (χ2v) is 7.18. The lowest BCUT2D eigenvalue weighted by atomic mass is 9.80. The van der Waals surface area contributed by atoms with E-state index in [9.17, 15) is 14.9 Å². The third-order valence-electron chi connectivity index (χ3n) is 5.52. The number of benzene rings is 1. The summed E-state index contributed by atoms with van der Waals surface area (Å²) in [6, 6.07) is 8.50. The summed E-state index contributed by atoms with van der Waals surface area (Å²) in [6.45, 7) is 0.227. The summed E-state index contributed by atoms with van der Waals surface area (Å²) >= 11 is 0. The van der Waals surface area contributed by atoms with Crippen molar-refractivity contribution >= 4 is 29.9 Å². The summed E-state index contributed by atoms with van der Waals surface area (Å²) in [5.41, 5.74) is 6.89. The van der Waals surface area contributed by atoms with E-state index in [1.54, 1.807) is 0 Å². The molecule has 2 fully saturated rings. The van der Waals surface area contributed by atoms with Gasteiger partial charge in [-0.05, 0) is 24.0 Å².